The predicted octanol–water partition coefficient (Wildman–Crippen LogP) is 1.33. The van der Waals surface area contributed by atoms with Crippen molar-refractivity contribution in [3.8, 4) is 5.75 Å². The maximum absolute atomic E-state index is 12.9. The summed E-state index contributed by atoms with van der Waals surface area (Å²) in [6.07, 6.45) is 2.69. The number of carbonyl (C=O) groups is 1. The molecule has 3 nitrogen and oxygen atoms in total. The second kappa shape index (κ2) is 4.41. The number of carbonyl (C=O) groups excluding carboxylic acids is 1. The highest BCUT2D eigenvalue weighted by molar-refractivity contribution is 5.90. The number of primary amides is 1. The van der Waals surface area contributed by atoms with E-state index in [9.17, 15) is 9.18 Å². The lowest BCUT2D eigenvalue weighted by atomic mass is 10.2. The van der Waals surface area contributed by atoms with Crippen LogP contribution in [0.5, 0.6) is 5.75 Å². The summed E-state index contributed by atoms with van der Waals surface area (Å²) in [6.45, 7) is 0. The van der Waals surface area contributed by atoms with Gasteiger partial charge in [-0.1, -0.05) is 6.07 Å². The third-order valence-corrected chi connectivity index (χ3v) is 1.62. The zero-order chi connectivity index (χ0) is 10.6. The van der Waals surface area contributed by atoms with Crippen LogP contribution < -0.4 is 10.5 Å². The van der Waals surface area contributed by atoms with Gasteiger partial charge in [-0.05, 0) is 23.8 Å². The Labute approximate surface area is 81.0 Å². The van der Waals surface area contributed by atoms with Gasteiger partial charge in [-0.15, -0.1) is 0 Å². The minimum absolute atomic E-state index is 0.136. The molecule has 0 radical (unpaired) electrons. The molecule has 0 spiro atoms. The summed E-state index contributed by atoms with van der Waals surface area (Å²) in [6, 6.07) is 4.27. The van der Waals surface area contributed by atoms with Gasteiger partial charge in [0.2, 0.25) is 5.91 Å². The van der Waals surface area contributed by atoms with Crippen LogP contribution in [0.15, 0.2) is 24.3 Å². The number of methoxy groups -OCH3 is 1. The van der Waals surface area contributed by atoms with E-state index in [2.05, 4.69) is 0 Å². The van der Waals surface area contributed by atoms with E-state index in [1.807, 2.05) is 0 Å². The molecule has 1 amide bonds. The summed E-state index contributed by atoms with van der Waals surface area (Å²) in [5.41, 5.74) is 5.56. The summed E-state index contributed by atoms with van der Waals surface area (Å²) in [4.78, 5) is 10.4. The first-order valence-corrected chi connectivity index (χ1v) is 3.94. The molecule has 0 aliphatic rings. The number of hydrogen-bond acceptors (Lipinski definition) is 2. The molecule has 0 aliphatic heterocycles. The Balaban J connectivity index is 2.95. The smallest absolute Gasteiger partial charge is 0.241 e. The average molecular weight is 195 g/mol. The third-order valence-electron chi connectivity index (χ3n) is 1.62. The standard InChI is InChI=1S/C10H10FNO2/c1-14-9-6-7(2-4-8(9)11)3-5-10(12)13/h2-6H,1H3,(H2,12,13)/b5-3+. The van der Waals surface area contributed by atoms with Crippen LogP contribution in [0.1, 0.15) is 5.56 Å². The summed E-state index contributed by atoms with van der Waals surface area (Å²) in [5, 5.41) is 0. The molecule has 14 heavy (non-hydrogen) atoms. The first-order chi connectivity index (χ1) is 6.63. The van der Waals surface area contributed by atoms with Crippen LogP contribution in [0, 0.1) is 5.82 Å². The number of ether oxygens (including phenoxy) is 1. The number of halogens is 1. The van der Waals surface area contributed by atoms with E-state index in [1.54, 1.807) is 0 Å². The van der Waals surface area contributed by atoms with Crippen LogP contribution in [0.4, 0.5) is 4.39 Å². The van der Waals surface area contributed by atoms with E-state index >= 15 is 0 Å². The number of hydrogen-bond donors (Lipinski definition) is 1. The fourth-order valence-corrected chi connectivity index (χ4v) is 0.958. The number of amides is 1. The molecule has 0 saturated heterocycles. The van der Waals surface area contributed by atoms with Crippen molar-refractivity contribution in [2.75, 3.05) is 7.11 Å². The fourth-order valence-electron chi connectivity index (χ4n) is 0.958. The van der Waals surface area contributed by atoms with Gasteiger partial charge in [-0.2, -0.15) is 0 Å². The summed E-state index contributed by atoms with van der Waals surface area (Å²) < 4.78 is 17.7. The van der Waals surface area contributed by atoms with E-state index < -0.39 is 11.7 Å². The zero-order valence-electron chi connectivity index (χ0n) is 7.66. The van der Waals surface area contributed by atoms with E-state index in [-0.39, 0.29) is 5.75 Å². The Hall–Kier alpha value is -1.84. The van der Waals surface area contributed by atoms with Crippen LogP contribution in [0.2, 0.25) is 0 Å². The minimum Gasteiger partial charge on any atom is -0.494 e. The highest BCUT2D eigenvalue weighted by Crippen LogP contribution is 2.18. The van der Waals surface area contributed by atoms with Gasteiger partial charge in [0.05, 0.1) is 7.11 Å². The molecule has 0 heterocycles. The Bertz CT molecular complexity index is 374. The molecule has 0 fully saturated rings. The summed E-state index contributed by atoms with van der Waals surface area (Å²) in [5.74, 6) is -0.853. The van der Waals surface area contributed by atoms with Gasteiger partial charge >= 0.3 is 0 Å². The topological polar surface area (TPSA) is 52.3 Å². The van der Waals surface area contributed by atoms with Gasteiger partial charge in [-0.3, -0.25) is 4.79 Å². The molecule has 0 atom stereocenters. The van der Waals surface area contributed by atoms with E-state index in [0.717, 1.165) is 0 Å². The summed E-state index contributed by atoms with van der Waals surface area (Å²) >= 11 is 0. The average Bonchev–Trinajstić information content (AvgIpc) is 2.16. The lowest BCUT2D eigenvalue weighted by Gasteiger charge is -2.01. The van der Waals surface area contributed by atoms with Crippen molar-refractivity contribution in [2.24, 2.45) is 5.73 Å². The molecule has 2 N–H and O–H groups in total. The molecule has 0 aliphatic carbocycles. The van der Waals surface area contributed by atoms with E-state index in [1.165, 1.54) is 37.5 Å². The number of rotatable bonds is 3. The summed E-state index contributed by atoms with van der Waals surface area (Å²) in [7, 11) is 1.37. The van der Waals surface area contributed by atoms with Crippen LogP contribution >= 0.6 is 0 Å². The van der Waals surface area contributed by atoms with Gasteiger partial charge in [0.15, 0.2) is 11.6 Å². The van der Waals surface area contributed by atoms with Crippen molar-refractivity contribution >= 4 is 12.0 Å². The van der Waals surface area contributed by atoms with Crippen molar-refractivity contribution in [3.63, 3.8) is 0 Å². The molecule has 0 bridgehead atoms. The zero-order valence-corrected chi connectivity index (χ0v) is 7.66. The van der Waals surface area contributed by atoms with Crippen LogP contribution in [-0.4, -0.2) is 13.0 Å². The van der Waals surface area contributed by atoms with E-state index in [0.29, 0.717) is 5.56 Å². The first kappa shape index (κ1) is 10.2. The third kappa shape index (κ3) is 2.58. The molecule has 1 rings (SSSR count). The van der Waals surface area contributed by atoms with Crippen LogP contribution in [-0.2, 0) is 4.79 Å². The Morgan fingerprint density at radius 3 is 2.86 bits per heavy atom. The fraction of sp³-hybridized carbons (Fsp3) is 0.100. The van der Waals surface area contributed by atoms with Gasteiger partial charge < -0.3 is 10.5 Å². The Morgan fingerprint density at radius 1 is 1.57 bits per heavy atom. The van der Waals surface area contributed by atoms with Crippen molar-refractivity contribution in [3.05, 3.63) is 35.7 Å². The highest BCUT2D eigenvalue weighted by atomic mass is 19.1. The molecule has 4 heteroatoms. The second-order valence-corrected chi connectivity index (χ2v) is 2.63. The molecule has 0 saturated carbocycles. The molecule has 1 aromatic rings. The van der Waals surface area contributed by atoms with Crippen molar-refractivity contribution in [2.45, 2.75) is 0 Å². The molecule has 0 aromatic heterocycles. The van der Waals surface area contributed by atoms with Gasteiger partial charge in [0.25, 0.3) is 0 Å². The van der Waals surface area contributed by atoms with Crippen molar-refractivity contribution < 1.29 is 13.9 Å². The Morgan fingerprint density at radius 2 is 2.29 bits per heavy atom. The van der Waals surface area contributed by atoms with Crippen molar-refractivity contribution in [1.82, 2.24) is 0 Å². The van der Waals surface area contributed by atoms with E-state index in [4.69, 9.17) is 10.5 Å². The lowest BCUT2D eigenvalue weighted by Crippen LogP contribution is -2.05. The number of nitrogens with two attached hydrogens (primary N) is 1. The normalized spacial score (nSPS) is 10.4. The molecular weight excluding hydrogens is 185 g/mol. The maximum Gasteiger partial charge on any atom is 0.241 e. The van der Waals surface area contributed by atoms with Gasteiger partial charge in [0.1, 0.15) is 0 Å². The van der Waals surface area contributed by atoms with Gasteiger partial charge in [-0.25, -0.2) is 4.39 Å². The minimum atomic E-state index is -0.548. The maximum atomic E-state index is 12.9. The molecular formula is C10H10FNO2. The highest BCUT2D eigenvalue weighted by Gasteiger charge is 2.01. The van der Waals surface area contributed by atoms with Crippen LogP contribution in [0.3, 0.4) is 0 Å². The molecule has 0 unspecified atom stereocenters. The lowest BCUT2D eigenvalue weighted by molar-refractivity contribution is -0.113. The van der Waals surface area contributed by atoms with Crippen molar-refractivity contribution in [1.29, 1.82) is 0 Å². The molecule has 1 aromatic carbocycles. The van der Waals surface area contributed by atoms with Gasteiger partial charge in [0, 0.05) is 6.08 Å². The second-order valence-electron chi connectivity index (χ2n) is 2.63. The monoisotopic (exact) mass is 195 g/mol. The number of benzene rings is 1. The molecule has 74 valence electrons. The largest absolute Gasteiger partial charge is 0.494 e. The Kier molecular flexibility index (Phi) is 3.23. The SMILES string of the molecule is COc1cc(/C=C/C(N)=O)ccc1F. The predicted molar refractivity (Wildman–Crippen MR) is 51.2 cm³/mol. The first-order valence-electron chi connectivity index (χ1n) is 3.94. The van der Waals surface area contributed by atoms with Crippen LogP contribution in [0.25, 0.3) is 6.08 Å². The quantitative estimate of drug-likeness (QED) is 0.740.